The number of oxime groups is 1. The number of hydrogen-bond donors (Lipinski definition) is 2. The number of aromatic nitrogens is 2. The van der Waals surface area contributed by atoms with Crippen molar-refractivity contribution in [2.24, 2.45) is 5.16 Å². The van der Waals surface area contributed by atoms with Crippen LogP contribution in [0.4, 0.5) is 10.1 Å². The molecule has 0 fully saturated rings. The zero-order valence-corrected chi connectivity index (χ0v) is 13.7. The largest absolute Gasteiger partial charge is 0.411 e. The van der Waals surface area contributed by atoms with Crippen LogP contribution in [0.15, 0.2) is 53.8 Å². The summed E-state index contributed by atoms with van der Waals surface area (Å²) in [4.78, 5) is 8.58. The fourth-order valence-corrected chi connectivity index (χ4v) is 2.73. The predicted molar refractivity (Wildman–Crippen MR) is 96.7 cm³/mol. The molecule has 0 aliphatic rings. The van der Waals surface area contributed by atoms with E-state index < -0.39 is 0 Å². The first-order valence-corrected chi connectivity index (χ1v) is 8.18. The van der Waals surface area contributed by atoms with Gasteiger partial charge in [0, 0.05) is 24.1 Å². The molecule has 128 valence electrons. The van der Waals surface area contributed by atoms with E-state index in [9.17, 15) is 4.39 Å². The van der Waals surface area contributed by atoms with Crippen LogP contribution in [-0.2, 0) is 6.42 Å². The molecule has 3 aromatic rings. The van der Waals surface area contributed by atoms with Crippen LogP contribution in [-0.4, -0.2) is 27.9 Å². The van der Waals surface area contributed by atoms with Crippen molar-refractivity contribution >= 4 is 22.8 Å². The maximum absolute atomic E-state index is 14.0. The molecule has 5 nitrogen and oxygen atoms in total. The Morgan fingerprint density at radius 3 is 2.88 bits per heavy atom. The van der Waals surface area contributed by atoms with Crippen LogP contribution in [0.5, 0.6) is 0 Å². The monoisotopic (exact) mass is 338 g/mol. The minimum Gasteiger partial charge on any atom is -0.411 e. The van der Waals surface area contributed by atoms with Gasteiger partial charge in [0.05, 0.1) is 22.8 Å². The van der Waals surface area contributed by atoms with Crippen LogP contribution in [0, 0.1) is 5.82 Å². The third-order valence-electron chi connectivity index (χ3n) is 3.91. The molecule has 0 aliphatic heterocycles. The highest BCUT2D eigenvalue weighted by Gasteiger charge is 2.06. The Morgan fingerprint density at radius 1 is 1.12 bits per heavy atom. The van der Waals surface area contributed by atoms with Crippen molar-refractivity contribution in [2.75, 3.05) is 11.9 Å². The summed E-state index contributed by atoms with van der Waals surface area (Å²) in [5, 5.41) is 15.4. The van der Waals surface area contributed by atoms with E-state index in [4.69, 9.17) is 5.21 Å². The van der Waals surface area contributed by atoms with E-state index in [1.54, 1.807) is 30.5 Å². The Morgan fingerprint density at radius 2 is 2.00 bits per heavy atom. The van der Waals surface area contributed by atoms with Crippen molar-refractivity contribution < 1.29 is 9.60 Å². The van der Waals surface area contributed by atoms with Gasteiger partial charge in [0.15, 0.2) is 0 Å². The number of benzene rings is 1. The van der Waals surface area contributed by atoms with Crippen molar-refractivity contribution in [3.8, 4) is 0 Å². The Kier molecular flexibility index (Phi) is 5.51. The van der Waals surface area contributed by atoms with Crippen molar-refractivity contribution in [2.45, 2.75) is 19.3 Å². The highest BCUT2D eigenvalue weighted by Crippen LogP contribution is 2.24. The zero-order chi connectivity index (χ0) is 17.5. The zero-order valence-electron chi connectivity index (χ0n) is 13.7. The number of nitrogens with zero attached hydrogens (tertiary/aromatic N) is 3. The van der Waals surface area contributed by atoms with Crippen molar-refractivity contribution in [1.29, 1.82) is 0 Å². The van der Waals surface area contributed by atoms with Crippen molar-refractivity contribution in [3.63, 3.8) is 0 Å². The molecule has 1 aromatic carbocycles. The Hall–Kier alpha value is -3.02. The molecule has 0 unspecified atom stereocenters. The summed E-state index contributed by atoms with van der Waals surface area (Å²) in [6.45, 7) is 0.741. The van der Waals surface area contributed by atoms with E-state index in [2.05, 4.69) is 20.4 Å². The molecule has 0 radical (unpaired) electrons. The molecule has 0 atom stereocenters. The summed E-state index contributed by atoms with van der Waals surface area (Å²) in [5.74, 6) is -0.264. The Balaban J connectivity index is 1.53. The number of hydrogen-bond acceptors (Lipinski definition) is 5. The SMILES string of the molecule is O/N=C\c1cccc(CCCCNc2ccnc3cccc(F)c23)n1. The summed E-state index contributed by atoms with van der Waals surface area (Å²) in [6, 6.07) is 12.3. The van der Waals surface area contributed by atoms with Gasteiger partial charge in [-0.05, 0) is 49.6 Å². The summed E-state index contributed by atoms with van der Waals surface area (Å²) < 4.78 is 14.0. The molecular weight excluding hydrogens is 319 g/mol. The number of pyridine rings is 2. The lowest BCUT2D eigenvalue weighted by Crippen LogP contribution is -2.04. The number of halogens is 1. The van der Waals surface area contributed by atoms with Gasteiger partial charge in [0.2, 0.25) is 0 Å². The maximum atomic E-state index is 14.0. The van der Waals surface area contributed by atoms with Gasteiger partial charge in [0.1, 0.15) is 5.82 Å². The van der Waals surface area contributed by atoms with Gasteiger partial charge in [-0.1, -0.05) is 17.3 Å². The average Bonchev–Trinajstić information content (AvgIpc) is 2.62. The van der Waals surface area contributed by atoms with Crippen molar-refractivity contribution in [3.05, 3.63) is 65.9 Å². The topological polar surface area (TPSA) is 70.4 Å². The second-order valence-corrected chi connectivity index (χ2v) is 5.67. The van der Waals surface area contributed by atoms with Crippen LogP contribution in [0.25, 0.3) is 10.9 Å². The maximum Gasteiger partial charge on any atom is 0.134 e. The lowest BCUT2D eigenvalue weighted by molar-refractivity contribution is 0.321. The third kappa shape index (κ3) is 4.29. The molecule has 6 heteroatoms. The number of nitrogens with one attached hydrogen (secondary N) is 1. The smallest absolute Gasteiger partial charge is 0.134 e. The molecule has 0 spiro atoms. The second-order valence-electron chi connectivity index (χ2n) is 5.67. The fourth-order valence-electron chi connectivity index (χ4n) is 2.73. The number of unbranched alkanes of at least 4 members (excludes halogenated alkanes) is 1. The van der Waals surface area contributed by atoms with Crippen LogP contribution in [0.3, 0.4) is 0 Å². The molecule has 0 bridgehead atoms. The van der Waals surface area contributed by atoms with Gasteiger partial charge in [-0.25, -0.2) is 4.39 Å². The summed E-state index contributed by atoms with van der Waals surface area (Å²) in [6.07, 6.45) is 5.71. The number of rotatable bonds is 7. The average molecular weight is 338 g/mol. The molecule has 2 N–H and O–H groups in total. The van der Waals surface area contributed by atoms with Crippen molar-refractivity contribution in [1.82, 2.24) is 9.97 Å². The molecule has 0 aliphatic carbocycles. The van der Waals surface area contributed by atoms with Crippen LogP contribution < -0.4 is 5.32 Å². The van der Waals surface area contributed by atoms with E-state index in [1.165, 1.54) is 12.3 Å². The number of fused-ring (bicyclic) bond motifs is 1. The van der Waals surface area contributed by atoms with Gasteiger partial charge < -0.3 is 10.5 Å². The molecular formula is C19H19FN4O. The predicted octanol–water partition coefficient (Wildman–Crippen LogP) is 4.01. The van der Waals surface area contributed by atoms with Crippen LogP contribution in [0.1, 0.15) is 24.2 Å². The second kappa shape index (κ2) is 8.19. The summed E-state index contributed by atoms with van der Waals surface area (Å²) in [5.41, 5.74) is 3.01. The van der Waals surface area contributed by atoms with Gasteiger partial charge >= 0.3 is 0 Å². The molecule has 3 rings (SSSR count). The standard InChI is InChI=1S/C19H19FN4O/c20-16-8-4-9-17-19(16)18(10-12-22-17)21-11-2-1-5-14-6-3-7-15(24-14)13-23-25/h3-4,6-10,12-13,25H,1-2,5,11H2,(H,21,22)/b23-13-. The lowest BCUT2D eigenvalue weighted by atomic mass is 10.1. The molecule has 2 heterocycles. The van der Waals surface area contributed by atoms with Crippen LogP contribution >= 0.6 is 0 Å². The van der Waals surface area contributed by atoms with E-state index in [1.807, 2.05) is 12.1 Å². The van der Waals surface area contributed by atoms with Gasteiger partial charge in [-0.15, -0.1) is 0 Å². The first-order valence-electron chi connectivity index (χ1n) is 8.18. The van der Waals surface area contributed by atoms with E-state index in [0.717, 1.165) is 37.2 Å². The normalized spacial score (nSPS) is 11.2. The van der Waals surface area contributed by atoms with Crippen LogP contribution in [0.2, 0.25) is 0 Å². The van der Waals surface area contributed by atoms with Gasteiger partial charge in [-0.2, -0.15) is 0 Å². The van der Waals surface area contributed by atoms with Gasteiger partial charge in [-0.3, -0.25) is 9.97 Å². The van der Waals surface area contributed by atoms with E-state index >= 15 is 0 Å². The quantitative estimate of drug-likeness (QED) is 0.295. The Bertz CT molecular complexity index is 877. The number of anilines is 1. The molecule has 0 saturated heterocycles. The Labute approximate surface area is 145 Å². The highest BCUT2D eigenvalue weighted by molar-refractivity contribution is 5.91. The molecule has 25 heavy (non-hydrogen) atoms. The summed E-state index contributed by atoms with van der Waals surface area (Å²) in [7, 11) is 0. The van der Waals surface area contributed by atoms with E-state index in [0.29, 0.717) is 16.6 Å². The first-order chi connectivity index (χ1) is 12.3. The first kappa shape index (κ1) is 16.8. The summed E-state index contributed by atoms with van der Waals surface area (Å²) >= 11 is 0. The minimum absolute atomic E-state index is 0.264. The minimum atomic E-state index is -0.264. The van der Waals surface area contributed by atoms with E-state index in [-0.39, 0.29) is 5.82 Å². The third-order valence-corrected chi connectivity index (χ3v) is 3.91. The molecule has 0 amide bonds. The van der Waals surface area contributed by atoms with Gasteiger partial charge in [0.25, 0.3) is 0 Å². The number of aryl methyl sites for hydroxylation is 1. The molecule has 2 aromatic heterocycles. The lowest BCUT2D eigenvalue weighted by Gasteiger charge is -2.10. The molecule has 0 saturated carbocycles. The fraction of sp³-hybridized carbons (Fsp3) is 0.211. The highest BCUT2D eigenvalue weighted by atomic mass is 19.1.